The van der Waals surface area contributed by atoms with Gasteiger partial charge in [-0.15, -0.1) is 0 Å². The highest BCUT2D eigenvalue weighted by atomic mass is 16.5. The van der Waals surface area contributed by atoms with Gasteiger partial charge in [0.15, 0.2) is 5.82 Å². The van der Waals surface area contributed by atoms with Crippen molar-refractivity contribution < 1.29 is 4.74 Å². The van der Waals surface area contributed by atoms with E-state index >= 15 is 0 Å². The molecule has 0 bridgehead atoms. The van der Waals surface area contributed by atoms with E-state index in [-0.39, 0.29) is 6.04 Å². The van der Waals surface area contributed by atoms with Crippen LogP contribution in [0.3, 0.4) is 0 Å². The molecule has 21 heavy (non-hydrogen) atoms. The first kappa shape index (κ1) is 13.8. The summed E-state index contributed by atoms with van der Waals surface area (Å²) in [5.74, 6) is 0.834. The number of fused-ring (bicyclic) bond motifs is 3. The monoisotopic (exact) mass is 285 g/mol. The maximum atomic E-state index is 5.52. The van der Waals surface area contributed by atoms with Crippen LogP contribution in [0.1, 0.15) is 26.6 Å². The van der Waals surface area contributed by atoms with E-state index in [0.717, 1.165) is 27.9 Å². The molecule has 0 atom stereocenters. The molecule has 0 saturated heterocycles. The molecule has 0 aromatic carbocycles. The Morgan fingerprint density at radius 3 is 2.90 bits per heavy atom. The van der Waals surface area contributed by atoms with Crippen molar-refractivity contribution in [3.8, 4) is 0 Å². The summed E-state index contributed by atoms with van der Waals surface area (Å²) in [6.07, 6.45) is 3.56. The van der Waals surface area contributed by atoms with Gasteiger partial charge >= 0.3 is 0 Å². The smallest absolute Gasteiger partial charge is 0.154 e. The average molecular weight is 285 g/mol. The van der Waals surface area contributed by atoms with Crippen molar-refractivity contribution in [1.29, 1.82) is 0 Å². The molecular formula is C15H19N5O. The fourth-order valence-electron chi connectivity index (χ4n) is 2.30. The van der Waals surface area contributed by atoms with Crippen molar-refractivity contribution in [3.05, 3.63) is 30.4 Å². The Morgan fingerprint density at radius 2 is 2.14 bits per heavy atom. The zero-order chi connectivity index (χ0) is 14.8. The molecule has 0 aliphatic carbocycles. The number of rotatable bonds is 5. The lowest BCUT2D eigenvalue weighted by atomic mass is 10.3. The zero-order valence-electron chi connectivity index (χ0n) is 12.5. The van der Waals surface area contributed by atoms with E-state index in [0.29, 0.717) is 13.2 Å². The van der Waals surface area contributed by atoms with E-state index in [1.807, 2.05) is 23.7 Å². The Morgan fingerprint density at radius 1 is 1.29 bits per heavy atom. The number of hydrogen-bond acceptors (Lipinski definition) is 5. The topological polar surface area (TPSA) is 64.9 Å². The van der Waals surface area contributed by atoms with Crippen LogP contribution in [0.2, 0.25) is 0 Å². The van der Waals surface area contributed by atoms with Crippen LogP contribution >= 0.6 is 0 Å². The third kappa shape index (κ3) is 2.54. The molecule has 110 valence electrons. The van der Waals surface area contributed by atoms with E-state index in [1.54, 1.807) is 12.4 Å². The lowest BCUT2D eigenvalue weighted by Gasteiger charge is -2.15. The van der Waals surface area contributed by atoms with Crippen LogP contribution in [-0.2, 0) is 11.3 Å². The van der Waals surface area contributed by atoms with Gasteiger partial charge in [0, 0.05) is 18.8 Å². The molecule has 3 aromatic heterocycles. The summed E-state index contributed by atoms with van der Waals surface area (Å²) < 4.78 is 7.50. The minimum absolute atomic E-state index is 0.273. The van der Waals surface area contributed by atoms with Crippen LogP contribution in [0, 0.1) is 0 Å². The van der Waals surface area contributed by atoms with Gasteiger partial charge in [-0.25, -0.2) is 9.66 Å². The van der Waals surface area contributed by atoms with E-state index in [1.165, 1.54) is 0 Å². The first-order chi connectivity index (χ1) is 10.2. The molecular weight excluding hydrogens is 266 g/mol. The molecule has 6 heteroatoms. The quantitative estimate of drug-likeness (QED) is 0.780. The van der Waals surface area contributed by atoms with Crippen LogP contribution in [0.25, 0.3) is 22.1 Å². The van der Waals surface area contributed by atoms with Gasteiger partial charge in [0.2, 0.25) is 0 Å². The van der Waals surface area contributed by atoms with Crippen molar-refractivity contribution in [3.63, 3.8) is 0 Å². The van der Waals surface area contributed by atoms with Crippen LogP contribution in [-0.4, -0.2) is 32.3 Å². The van der Waals surface area contributed by atoms with Crippen molar-refractivity contribution in [2.75, 3.05) is 12.0 Å². The van der Waals surface area contributed by atoms with Crippen molar-refractivity contribution in [2.24, 2.45) is 0 Å². The normalized spacial score (nSPS) is 11.6. The lowest BCUT2D eigenvalue weighted by Crippen LogP contribution is -2.24. The van der Waals surface area contributed by atoms with Crippen LogP contribution in [0.15, 0.2) is 24.5 Å². The fraction of sp³-hybridized carbons (Fsp3) is 0.400. The zero-order valence-corrected chi connectivity index (χ0v) is 12.5. The molecule has 0 unspecified atom stereocenters. The minimum Gasteiger partial charge on any atom is -0.374 e. The number of hydrogen-bond donors (Lipinski definition) is 1. The summed E-state index contributed by atoms with van der Waals surface area (Å²) >= 11 is 0. The molecule has 3 aromatic rings. The van der Waals surface area contributed by atoms with Crippen molar-refractivity contribution >= 4 is 22.1 Å². The molecule has 0 spiro atoms. The number of ether oxygens (including phenoxy) is 1. The van der Waals surface area contributed by atoms with E-state index in [4.69, 9.17) is 4.74 Å². The molecule has 3 heterocycles. The molecule has 0 fully saturated rings. The van der Waals surface area contributed by atoms with Gasteiger partial charge in [0.25, 0.3) is 0 Å². The molecule has 0 aliphatic heterocycles. The summed E-state index contributed by atoms with van der Waals surface area (Å²) in [4.78, 5) is 13.5. The molecule has 0 aliphatic rings. The average Bonchev–Trinajstić information content (AvgIpc) is 2.82. The maximum Gasteiger partial charge on any atom is 0.154 e. The number of pyridine rings is 2. The SMILES string of the molecule is CCOCc1nc2cnc3cccnc3c2n1NC(C)C. The Balaban J connectivity index is 2.25. The van der Waals surface area contributed by atoms with E-state index in [9.17, 15) is 0 Å². The Kier molecular flexibility index (Phi) is 3.70. The molecule has 0 radical (unpaired) electrons. The van der Waals surface area contributed by atoms with Gasteiger partial charge in [0.1, 0.15) is 23.2 Å². The standard InChI is InChI=1S/C15H19N5O/c1-4-21-9-13-18-12-8-17-11-6-5-7-16-14(11)15(12)20(13)19-10(2)3/h5-8,10,19H,4,9H2,1-3H3. The first-order valence-electron chi connectivity index (χ1n) is 7.16. The largest absolute Gasteiger partial charge is 0.374 e. The summed E-state index contributed by atoms with van der Waals surface area (Å²) in [5.41, 5.74) is 6.88. The van der Waals surface area contributed by atoms with Crippen molar-refractivity contribution in [1.82, 2.24) is 19.6 Å². The molecule has 0 amide bonds. The van der Waals surface area contributed by atoms with E-state index < -0.39 is 0 Å². The minimum atomic E-state index is 0.273. The van der Waals surface area contributed by atoms with Gasteiger partial charge in [-0.05, 0) is 32.9 Å². The van der Waals surface area contributed by atoms with Crippen LogP contribution in [0.4, 0.5) is 0 Å². The molecule has 3 rings (SSSR count). The highest BCUT2D eigenvalue weighted by Gasteiger charge is 2.15. The number of nitrogens with one attached hydrogen (secondary N) is 1. The second kappa shape index (κ2) is 5.65. The third-order valence-electron chi connectivity index (χ3n) is 3.13. The Bertz CT molecular complexity index is 765. The molecule has 6 nitrogen and oxygen atoms in total. The molecule has 0 saturated carbocycles. The van der Waals surface area contributed by atoms with Gasteiger partial charge in [-0.1, -0.05) is 0 Å². The van der Waals surface area contributed by atoms with Gasteiger partial charge in [0.05, 0.1) is 11.7 Å². The number of aromatic nitrogens is 4. The lowest BCUT2D eigenvalue weighted by molar-refractivity contribution is 0.127. The van der Waals surface area contributed by atoms with Crippen LogP contribution in [0.5, 0.6) is 0 Å². The highest BCUT2D eigenvalue weighted by molar-refractivity contribution is 5.99. The fourth-order valence-corrected chi connectivity index (χ4v) is 2.30. The predicted molar refractivity (Wildman–Crippen MR) is 82.7 cm³/mol. The van der Waals surface area contributed by atoms with Gasteiger partial charge in [-0.3, -0.25) is 9.97 Å². The Labute approximate surface area is 123 Å². The van der Waals surface area contributed by atoms with Crippen LogP contribution < -0.4 is 5.43 Å². The summed E-state index contributed by atoms with van der Waals surface area (Å²) in [6.45, 7) is 7.27. The summed E-state index contributed by atoms with van der Waals surface area (Å²) in [7, 11) is 0. The Hall–Kier alpha value is -2.21. The van der Waals surface area contributed by atoms with Crippen molar-refractivity contribution in [2.45, 2.75) is 33.4 Å². The maximum absolute atomic E-state index is 5.52. The second-order valence-corrected chi connectivity index (χ2v) is 5.15. The summed E-state index contributed by atoms with van der Waals surface area (Å²) in [6, 6.07) is 4.12. The van der Waals surface area contributed by atoms with E-state index in [2.05, 4.69) is 34.2 Å². The first-order valence-corrected chi connectivity index (χ1v) is 7.16. The highest BCUT2D eigenvalue weighted by Crippen LogP contribution is 2.22. The number of nitrogens with zero attached hydrogens (tertiary/aromatic N) is 4. The second-order valence-electron chi connectivity index (χ2n) is 5.15. The van der Waals surface area contributed by atoms with Gasteiger partial charge < -0.3 is 10.2 Å². The van der Waals surface area contributed by atoms with Gasteiger partial charge in [-0.2, -0.15) is 0 Å². The number of imidazole rings is 1. The molecule has 1 N–H and O–H groups in total. The summed E-state index contributed by atoms with van der Waals surface area (Å²) in [5, 5.41) is 0. The predicted octanol–water partition coefficient (Wildman–Crippen LogP) is 2.47. The third-order valence-corrected chi connectivity index (χ3v) is 3.13.